The summed E-state index contributed by atoms with van der Waals surface area (Å²) in [5, 5.41) is 0. The van der Waals surface area contributed by atoms with E-state index in [0.29, 0.717) is 39.4 Å². The van der Waals surface area contributed by atoms with E-state index in [9.17, 15) is 8.42 Å². The normalized spacial score (nSPS) is 27.6. The second-order valence-corrected chi connectivity index (χ2v) is 9.56. The third-order valence-corrected chi connectivity index (χ3v) is 7.42. The van der Waals surface area contributed by atoms with Crippen LogP contribution < -0.4 is 9.47 Å². The van der Waals surface area contributed by atoms with E-state index in [0.717, 1.165) is 36.3 Å². The van der Waals surface area contributed by atoms with Gasteiger partial charge in [0, 0.05) is 26.2 Å². The van der Waals surface area contributed by atoms with Gasteiger partial charge in [-0.05, 0) is 42.4 Å². The van der Waals surface area contributed by atoms with Gasteiger partial charge in [-0.2, -0.15) is 17.0 Å². The number of ether oxygens (including phenoxy) is 3. The molecule has 0 aromatic heterocycles. The fourth-order valence-electron chi connectivity index (χ4n) is 4.09. The number of nitrogens with zero attached hydrogens (tertiary/aromatic N) is 2. The van der Waals surface area contributed by atoms with Gasteiger partial charge in [0.25, 0.3) is 10.2 Å². The van der Waals surface area contributed by atoms with Crippen LogP contribution in [0.4, 0.5) is 0 Å². The number of hydrogen-bond donors (Lipinski definition) is 0. The molecule has 1 aromatic rings. The van der Waals surface area contributed by atoms with Crippen LogP contribution in [-0.4, -0.2) is 63.2 Å². The molecule has 0 amide bonds. The summed E-state index contributed by atoms with van der Waals surface area (Å²) in [6, 6.07) is 6.00. The van der Waals surface area contributed by atoms with Gasteiger partial charge in [-0.25, -0.2) is 0 Å². The predicted octanol–water partition coefficient (Wildman–Crippen LogP) is 1.64. The Morgan fingerprint density at radius 1 is 1.08 bits per heavy atom. The summed E-state index contributed by atoms with van der Waals surface area (Å²) < 4.78 is 45.3. The fraction of sp³-hybridized carbons (Fsp3) is 0.667. The maximum atomic E-state index is 13.0. The van der Waals surface area contributed by atoms with Crippen molar-refractivity contribution < 1.29 is 22.6 Å². The van der Waals surface area contributed by atoms with Crippen molar-refractivity contribution in [2.45, 2.75) is 26.2 Å². The molecule has 3 aliphatic heterocycles. The molecular formula is C18H26N2O5S. The van der Waals surface area contributed by atoms with Crippen molar-refractivity contribution in [1.82, 2.24) is 8.61 Å². The van der Waals surface area contributed by atoms with Gasteiger partial charge in [0.1, 0.15) is 0 Å². The zero-order chi connectivity index (χ0) is 18.2. The molecule has 8 heteroatoms. The van der Waals surface area contributed by atoms with Gasteiger partial charge >= 0.3 is 0 Å². The summed E-state index contributed by atoms with van der Waals surface area (Å²) in [5.41, 5.74) is 1.06. The Morgan fingerprint density at radius 3 is 2.65 bits per heavy atom. The number of hydrogen-bond acceptors (Lipinski definition) is 5. The van der Waals surface area contributed by atoms with Gasteiger partial charge in [0.2, 0.25) is 6.79 Å². The van der Waals surface area contributed by atoms with Crippen LogP contribution in [-0.2, 0) is 21.4 Å². The van der Waals surface area contributed by atoms with Gasteiger partial charge in [0.05, 0.1) is 13.2 Å². The standard InChI is InChI=1S/C18H26N2O5S/c1-18(12-15-3-4-16-17(11-15)25-14-24-16)5-2-6-20(13-18)26(21,22)19-7-9-23-10-8-19/h3-4,11H,2,5-10,12-14H2,1H3/t18-/m1/s1. The van der Waals surface area contributed by atoms with Crippen LogP contribution in [0.5, 0.6) is 11.5 Å². The number of morpholine rings is 1. The molecule has 4 rings (SSSR count). The molecule has 144 valence electrons. The minimum Gasteiger partial charge on any atom is -0.454 e. The first-order valence-corrected chi connectivity index (χ1v) is 10.6. The quantitative estimate of drug-likeness (QED) is 0.792. The lowest BCUT2D eigenvalue weighted by Gasteiger charge is -2.42. The summed E-state index contributed by atoms with van der Waals surface area (Å²) in [7, 11) is -3.42. The van der Waals surface area contributed by atoms with Gasteiger partial charge < -0.3 is 14.2 Å². The van der Waals surface area contributed by atoms with Crippen LogP contribution in [0.2, 0.25) is 0 Å². The molecule has 3 heterocycles. The largest absolute Gasteiger partial charge is 0.454 e. The Balaban J connectivity index is 1.48. The Hall–Kier alpha value is -1.35. The van der Waals surface area contributed by atoms with Gasteiger partial charge in [-0.1, -0.05) is 13.0 Å². The van der Waals surface area contributed by atoms with Crippen LogP contribution in [0.25, 0.3) is 0 Å². The topological polar surface area (TPSA) is 68.3 Å². The summed E-state index contributed by atoms with van der Waals surface area (Å²) in [6.45, 7) is 5.41. The predicted molar refractivity (Wildman–Crippen MR) is 96.5 cm³/mol. The van der Waals surface area contributed by atoms with E-state index >= 15 is 0 Å². The first kappa shape index (κ1) is 18.0. The Bertz CT molecular complexity index is 763. The zero-order valence-electron chi connectivity index (χ0n) is 15.1. The molecule has 0 unspecified atom stereocenters. The molecule has 26 heavy (non-hydrogen) atoms. The molecular weight excluding hydrogens is 356 g/mol. The molecule has 0 radical (unpaired) electrons. The van der Waals surface area contributed by atoms with Crippen LogP contribution >= 0.6 is 0 Å². The maximum absolute atomic E-state index is 13.0. The third kappa shape index (κ3) is 3.55. The summed E-state index contributed by atoms with van der Waals surface area (Å²) in [5.74, 6) is 1.55. The summed E-state index contributed by atoms with van der Waals surface area (Å²) in [4.78, 5) is 0. The molecule has 2 fully saturated rings. The number of fused-ring (bicyclic) bond motifs is 1. The SMILES string of the molecule is C[C@]1(Cc2ccc3c(c2)OCO3)CCCN(S(=O)(=O)N2CCOCC2)C1. The van der Waals surface area contributed by atoms with Crippen LogP contribution in [0.1, 0.15) is 25.3 Å². The van der Waals surface area contributed by atoms with E-state index in [2.05, 4.69) is 6.92 Å². The minimum absolute atomic E-state index is 0.0920. The van der Waals surface area contributed by atoms with E-state index < -0.39 is 10.2 Å². The molecule has 0 bridgehead atoms. The summed E-state index contributed by atoms with van der Waals surface area (Å²) in [6.07, 6.45) is 2.71. The molecule has 2 saturated heterocycles. The van der Waals surface area contributed by atoms with Crippen molar-refractivity contribution in [2.24, 2.45) is 5.41 Å². The second kappa shape index (κ2) is 6.99. The highest BCUT2D eigenvalue weighted by molar-refractivity contribution is 7.86. The molecule has 1 aromatic carbocycles. The second-order valence-electron chi connectivity index (χ2n) is 7.63. The Kier molecular flexibility index (Phi) is 4.85. The van der Waals surface area contributed by atoms with Crippen molar-refractivity contribution in [3.8, 4) is 11.5 Å². The monoisotopic (exact) mass is 382 g/mol. The van der Waals surface area contributed by atoms with Crippen LogP contribution in [0, 0.1) is 5.41 Å². The fourth-order valence-corrected chi connectivity index (χ4v) is 5.86. The highest BCUT2D eigenvalue weighted by Crippen LogP contribution is 2.38. The van der Waals surface area contributed by atoms with E-state index in [1.807, 2.05) is 18.2 Å². The average Bonchev–Trinajstić information content (AvgIpc) is 3.10. The number of piperidine rings is 1. The zero-order valence-corrected chi connectivity index (χ0v) is 16.0. The van der Waals surface area contributed by atoms with Crippen molar-refractivity contribution in [2.75, 3.05) is 46.2 Å². The minimum atomic E-state index is -3.42. The molecule has 0 saturated carbocycles. The first-order chi connectivity index (χ1) is 12.5. The van der Waals surface area contributed by atoms with Crippen molar-refractivity contribution in [1.29, 1.82) is 0 Å². The van der Waals surface area contributed by atoms with Crippen LogP contribution in [0.15, 0.2) is 18.2 Å². The van der Waals surface area contributed by atoms with E-state index in [4.69, 9.17) is 14.2 Å². The van der Waals surface area contributed by atoms with Gasteiger partial charge in [0.15, 0.2) is 11.5 Å². The number of benzene rings is 1. The first-order valence-electron chi connectivity index (χ1n) is 9.18. The molecule has 1 atom stereocenters. The van der Waals surface area contributed by atoms with Gasteiger partial charge in [-0.3, -0.25) is 0 Å². The smallest absolute Gasteiger partial charge is 0.282 e. The highest BCUT2D eigenvalue weighted by atomic mass is 32.2. The van der Waals surface area contributed by atoms with Crippen molar-refractivity contribution in [3.05, 3.63) is 23.8 Å². The molecule has 7 nitrogen and oxygen atoms in total. The molecule has 3 aliphatic rings. The van der Waals surface area contributed by atoms with E-state index in [1.165, 1.54) is 0 Å². The molecule has 0 N–H and O–H groups in total. The lowest BCUT2D eigenvalue weighted by Crippen LogP contribution is -2.53. The summed E-state index contributed by atoms with van der Waals surface area (Å²) >= 11 is 0. The third-order valence-electron chi connectivity index (χ3n) is 5.44. The maximum Gasteiger partial charge on any atom is 0.282 e. The lowest BCUT2D eigenvalue weighted by atomic mass is 9.77. The van der Waals surface area contributed by atoms with Crippen molar-refractivity contribution >= 4 is 10.2 Å². The highest BCUT2D eigenvalue weighted by Gasteiger charge is 2.39. The molecule has 0 spiro atoms. The van der Waals surface area contributed by atoms with Crippen molar-refractivity contribution in [3.63, 3.8) is 0 Å². The van der Waals surface area contributed by atoms with Gasteiger partial charge in [-0.15, -0.1) is 0 Å². The van der Waals surface area contributed by atoms with E-state index in [1.54, 1.807) is 8.61 Å². The average molecular weight is 382 g/mol. The van der Waals surface area contributed by atoms with Crippen LogP contribution in [0.3, 0.4) is 0 Å². The lowest BCUT2D eigenvalue weighted by molar-refractivity contribution is 0.0671. The Labute approximate surface area is 155 Å². The molecule has 0 aliphatic carbocycles. The Morgan fingerprint density at radius 2 is 1.85 bits per heavy atom. The van der Waals surface area contributed by atoms with E-state index in [-0.39, 0.29) is 12.2 Å². The number of rotatable bonds is 4.